The van der Waals surface area contributed by atoms with Crippen LogP contribution < -0.4 is 10.2 Å². The summed E-state index contributed by atoms with van der Waals surface area (Å²) in [7, 11) is 2.44. The van der Waals surface area contributed by atoms with E-state index in [9.17, 15) is 23.2 Å². The van der Waals surface area contributed by atoms with Gasteiger partial charge < -0.3 is 9.64 Å². The summed E-state index contributed by atoms with van der Waals surface area (Å²) < 4.78 is 32.0. The van der Waals surface area contributed by atoms with Crippen LogP contribution in [0.4, 0.5) is 13.6 Å². The van der Waals surface area contributed by atoms with Gasteiger partial charge in [-0.1, -0.05) is 0 Å². The molecular weight excluding hydrogens is 300 g/mol. The maximum Gasteiger partial charge on any atom is 0.346 e. The van der Waals surface area contributed by atoms with Crippen LogP contribution in [-0.4, -0.2) is 48.0 Å². The normalized spacial score (nSPS) is 18.0. The Labute approximate surface area is 124 Å². The molecule has 0 radical (unpaired) electrons. The van der Waals surface area contributed by atoms with Crippen molar-refractivity contribution < 1.29 is 27.9 Å². The molecule has 1 heterocycles. The van der Waals surface area contributed by atoms with Gasteiger partial charge in [0.05, 0.1) is 7.11 Å². The van der Waals surface area contributed by atoms with Gasteiger partial charge in [-0.2, -0.15) is 5.01 Å². The maximum absolute atomic E-state index is 13.8. The minimum absolute atomic E-state index is 0.455. The van der Waals surface area contributed by atoms with E-state index in [1.54, 1.807) is 0 Å². The summed E-state index contributed by atoms with van der Waals surface area (Å²) in [4.78, 5) is 36.9. The Bertz CT molecular complexity index is 645. The molecule has 0 bridgehead atoms. The average molecular weight is 313 g/mol. The third-order valence-corrected chi connectivity index (χ3v) is 3.36. The molecule has 9 heteroatoms. The topological polar surface area (TPSA) is 79.0 Å². The quantitative estimate of drug-likeness (QED) is 0.841. The molecule has 1 saturated heterocycles. The third kappa shape index (κ3) is 2.34. The molecule has 0 aliphatic carbocycles. The smallest absolute Gasteiger partial charge is 0.346 e. The van der Waals surface area contributed by atoms with E-state index in [0.29, 0.717) is 5.01 Å². The number of rotatable bonds is 3. The number of imide groups is 1. The first-order valence-corrected chi connectivity index (χ1v) is 6.23. The molecule has 1 unspecified atom stereocenters. The number of hydrogen-bond donors (Lipinski definition) is 1. The van der Waals surface area contributed by atoms with Gasteiger partial charge in [-0.05, 0) is 19.1 Å². The number of benzene rings is 1. The molecule has 1 aliphatic heterocycles. The highest BCUT2D eigenvalue weighted by atomic mass is 19.1. The lowest BCUT2D eigenvalue weighted by Crippen LogP contribution is -2.47. The Morgan fingerprint density at radius 1 is 1.27 bits per heavy atom. The van der Waals surface area contributed by atoms with E-state index in [2.05, 4.69) is 4.74 Å². The van der Waals surface area contributed by atoms with Crippen LogP contribution in [0.3, 0.4) is 0 Å². The lowest BCUT2D eigenvalue weighted by molar-refractivity contribution is -0.129. The molecular formula is C13H13F2N3O4. The fraction of sp³-hybridized carbons (Fsp3) is 0.308. The summed E-state index contributed by atoms with van der Waals surface area (Å²) in [5.41, 5.74) is 1.23. The van der Waals surface area contributed by atoms with Crippen molar-refractivity contribution in [1.29, 1.82) is 0 Å². The predicted octanol–water partition coefficient (Wildman–Crippen LogP) is 0.901. The van der Waals surface area contributed by atoms with E-state index in [1.807, 2.05) is 5.43 Å². The van der Waals surface area contributed by atoms with E-state index < -0.39 is 46.8 Å². The molecule has 0 aromatic heterocycles. The number of nitrogens with zero attached hydrogens (tertiary/aromatic N) is 2. The zero-order valence-corrected chi connectivity index (χ0v) is 12.0. The van der Waals surface area contributed by atoms with Crippen molar-refractivity contribution in [3.63, 3.8) is 0 Å². The SMILES string of the molecule is COc1c(F)ccc(F)c1C(=O)NN1C(=O)C(C)N(C)C1=O. The number of hydrogen-bond acceptors (Lipinski definition) is 4. The number of carbonyl (C=O) groups is 3. The maximum atomic E-state index is 13.8. The second-order valence-electron chi connectivity index (χ2n) is 4.62. The highest BCUT2D eigenvalue weighted by Gasteiger charge is 2.42. The molecule has 1 N–H and O–H groups in total. The lowest BCUT2D eigenvalue weighted by Gasteiger charge is -2.16. The lowest BCUT2D eigenvalue weighted by atomic mass is 10.1. The fourth-order valence-electron chi connectivity index (χ4n) is 1.97. The molecule has 1 aromatic rings. The first-order chi connectivity index (χ1) is 10.3. The first-order valence-electron chi connectivity index (χ1n) is 6.23. The number of methoxy groups -OCH3 is 1. The van der Waals surface area contributed by atoms with Crippen LogP contribution in [0.1, 0.15) is 17.3 Å². The molecule has 7 nitrogen and oxygen atoms in total. The molecule has 2 rings (SSSR count). The fourth-order valence-corrected chi connectivity index (χ4v) is 1.97. The van der Waals surface area contributed by atoms with Gasteiger partial charge in [0.2, 0.25) is 0 Å². The number of carbonyl (C=O) groups excluding carboxylic acids is 3. The molecule has 1 aliphatic rings. The van der Waals surface area contributed by atoms with Crippen LogP contribution in [0.5, 0.6) is 5.75 Å². The van der Waals surface area contributed by atoms with Crippen LogP contribution in [0, 0.1) is 11.6 Å². The molecule has 1 fully saturated rings. The number of halogens is 2. The number of ether oxygens (including phenoxy) is 1. The number of nitrogens with one attached hydrogen (secondary N) is 1. The number of likely N-dealkylation sites (N-methyl/N-ethyl adjacent to an activating group) is 1. The largest absolute Gasteiger partial charge is 0.493 e. The minimum atomic E-state index is -1.17. The summed E-state index contributed by atoms with van der Waals surface area (Å²) in [6.07, 6.45) is 0. The van der Waals surface area contributed by atoms with Crippen molar-refractivity contribution in [2.45, 2.75) is 13.0 Å². The Hall–Kier alpha value is -2.71. The van der Waals surface area contributed by atoms with Crippen molar-refractivity contribution in [3.8, 4) is 5.75 Å². The molecule has 4 amide bonds. The zero-order chi connectivity index (χ0) is 16.6. The van der Waals surface area contributed by atoms with Gasteiger partial charge in [-0.25, -0.2) is 13.6 Å². The Morgan fingerprint density at radius 3 is 2.36 bits per heavy atom. The Kier molecular flexibility index (Phi) is 3.98. The van der Waals surface area contributed by atoms with Crippen LogP contribution in [0.25, 0.3) is 0 Å². The summed E-state index contributed by atoms with van der Waals surface area (Å²) in [5.74, 6) is -4.46. The molecule has 0 saturated carbocycles. The molecule has 1 atom stereocenters. The van der Waals surface area contributed by atoms with Crippen molar-refractivity contribution in [2.24, 2.45) is 0 Å². The molecule has 22 heavy (non-hydrogen) atoms. The van der Waals surface area contributed by atoms with Crippen molar-refractivity contribution in [1.82, 2.24) is 15.3 Å². The average Bonchev–Trinajstić information content (AvgIpc) is 2.67. The molecule has 118 valence electrons. The van der Waals surface area contributed by atoms with Gasteiger partial charge in [-0.3, -0.25) is 15.0 Å². The van der Waals surface area contributed by atoms with Gasteiger partial charge in [-0.15, -0.1) is 0 Å². The summed E-state index contributed by atoms with van der Waals surface area (Å²) >= 11 is 0. The van der Waals surface area contributed by atoms with Gasteiger partial charge >= 0.3 is 6.03 Å². The van der Waals surface area contributed by atoms with Crippen molar-refractivity contribution in [3.05, 3.63) is 29.3 Å². The predicted molar refractivity (Wildman–Crippen MR) is 69.8 cm³/mol. The number of hydrazine groups is 1. The van der Waals surface area contributed by atoms with Gasteiger partial charge in [0, 0.05) is 7.05 Å². The van der Waals surface area contributed by atoms with Gasteiger partial charge in [0.15, 0.2) is 11.6 Å². The third-order valence-electron chi connectivity index (χ3n) is 3.36. The molecule has 0 spiro atoms. The summed E-state index contributed by atoms with van der Waals surface area (Å²) in [5, 5.41) is 0.455. The van der Waals surface area contributed by atoms with E-state index in [0.717, 1.165) is 24.1 Å². The second kappa shape index (κ2) is 5.58. The minimum Gasteiger partial charge on any atom is -0.493 e. The molecule has 1 aromatic carbocycles. The highest BCUT2D eigenvalue weighted by Crippen LogP contribution is 2.25. The van der Waals surface area contributed by atoms with Crippen molar-refractivity contribution >= 4 is 17.8 Å². The van der Waals surface area contributed by atoms with E-state index in [1.165, 1.54) is 14.0 Å². The Balaban J connectivity index is 2.33. The standard InChI is InChI=1S/C13H13F2N3O4/c1-6-12(20)18(13(21)17(6)2)16-11(19)9-7(14)4-5-8(15)10(9)22-3/h4-6H,1-3H3,(H,16,19). The van der Waals surface area contributed by atoms with E-state index >= 15 is 0 Å². The number of amides is 4. The van der Waals surface area contributed by atoms with Crippen LogP contribution in [0.15, 0.2) is 12.1 Å². The van der Waals surface area contributed by atoms with Crippen LogP contribution >= 0.6 is 0 Å². The Morgan fingerprint density at radius 2 is 1.86 bits per heavy atom. The first kappa shape index (κ1) is 15.7. The van der Waals surface area contributed by atoms with Crippen LogP contribution in [0.2, 0.25) is 0 Å². The van der Waals surface area contributed by atoms with Crippen molar-refractivity contribution in [2.75, 3.05) is 14.2 Å². The van der Waals surface area contributed by atoms with Gasteiger partial charge in [0.1, 0.15) is 17.4 Å². The second-order valence-corrected chi connectivity index (χ2v) is 4.62. The van der Waals surface area contributed by atoms with E-state index in [4.69, 9.17) is 0 Å². The van der Waals surface area contributed by atoms with Crippen LogP contribution in [-0.2, 0) is 4.79 Å². The monoisotopic (exact) mass is 313 g/mol. The summed E-state index contributed by atoms with van der Waals surface area (Å²) in [6, 6.07) is -0.00377. The van der Waals surface area contributed by atoms with Gasteiger partial charge in [0.25, 0.3) is 11.8 Å². The number of urea groups is 1. The summed E-state index contributed by atoms with van der Waals surface area (Å²) in [6.45, 7) is 1.47. The zero-order valence-electron chi connectivity index (χ0n) is 12.0. The highest BCUT2D eigenvalue weighted by molar-refractivity contribution is 6.07. The van der Waals surface area contributed by atoms with E-state index in [-0.39, 0.29) is 0 Å².